The molecule has 0 radical (unpaired) electrons. The average molecular weight is 440 g/mol. The van der Waals surface area contributed by atoms with Crippen LogP contribution in [0.4, 0.5) is 0 Å². The standard InChI is InChI=1S/C17H36N4O.HI/c1-14(2)11-9-7-8-10-12-20-16(19-6)21-13-17(3,4)15(22)18-5;/h14H,7-13H2,1-6H3,(H,18,22)(H2,19,20,21);1H. The van der Waals surface area contributed by atoms with Gasteiger partial charge in [0.2, 0.25) is 5.91 Å². The van der Waals surface area contributed by atoms with E-state index < -0.39 is 5.41 Å². The minimum absolute atomic E-state index is 0. The van der Waals surface area contributed by atoms with Crippen LogP contribution in [0.2, 0.25) is 0 Å². The Kier molecular flexibility index (Phi) is 14.9. The molecular formula is C17H37IN4O. The summed E-state index contributed by atoms with van der Waals surface area (Å²) in [5.41, 5.74) is -0.455. The predicted octanol–water partition coefficient (Wildman–Crippen LogP) is 3.15. The molecule has 0 saturated heterocycles. The van der Waals surface area contributed by atoms with E-state index in [1.807, 2.05) is 13.8 Å². The van der Waals surface area contributed by atoms with Crippen LogP contribution in [0, 0.1) is 11.3 Å². The smallest absolute Gasteiger partial charge is 0.227 e. The van der Waals surface area contributed by atoms with Gasteiger partial charge in [0.15, 0.2) is 5.96 Å². The number of carbonyl (C=O) groups excluding carboxylic acids is 1. The molecule has 6 heteroatoms. The van der Waals surface area contributed by atoms with E-state index >= 15 is 0 Å². The van der Waals surface area contributed by atoms with Crippen LogP contribution in [0.25, 0.3) is 0 Å². The fourth-order valence-corrected chi connectivity index (χ4v) is 2.18. The molecule has 3 N–H and O–H groups in total. The van der Waals surface area contributed by atoms with E-state index in [0.717, 1.165) is 24.8 Å². The summed E-state index contributed by atoms with van der Waals surface area (Å²) >= 11 is 0. The first-order chi connectivity index (χ1) is 10.3. The number of aliphatic imine (C=N–C) groups is 1. The van der Waals surface area contributed by atoms with Crippen molar-refractivity contribution in [3.8, 4) is 0 Å². The second kappa shape index (κ2) is 13.9. The van der Waals surface area contributed by atoms with Crippen molar-refractivity contribution < 1.29 is 4.79 Å². The third-order valence-electron chi connectivity index (χ3n) is 3.76. The van der Waals surface area contributed by atoms with Crippen LogP contribution >= 0.6 is 24.0 Å². The molecule has 0 aromatic carbocycles. The zero-order chi connectivity index (χ0) is 17.0. The Morgan fingerprint density at radius 2 is 1.70 bits per heavy atom. The van der Waals surface area contributed by atoms with Crippen molar-refractivity contribution in [2.75, 3.05) is 27.2 Å². The third-order valence-corrected chi connectivity index (χ3v) is 3.76. The largest absolute Gasteiger partial charge is 0.359 e. The summed E-state index contributed by atoms with van der Waals surface area (Å²) < 4.78 is 0. The van der Waals surface area contributed by atoms with E-state index in [1.165, 1.54) is 25.7 Å². The van der Waals surface area contributed by atoms with Gasteiger partial charge in [-0.15, -0.1) is 24.0 Å². The quantitative estimate of drug-likeness (QED) is 0.212. The molecule has 0 rings (SSSR count). The van der Waals surface area contributed by atoms with E-state index in [4.69, 9.17) is 0 Å². The number of nitrogens with one attached hydrogen (secondary N) is 3. The fraction of sp³-hybridized carbons (Fsp3) is 0.882. The van der Waals surface area contributed by atoms with Crippen LogP contribution in [0.3, 0.4) is 0 Å². The van der Waals surface area contributed by atoms with Crippen LogP contribution < -0.4 is 16.0 Å². The third kappa shape index (κ3) is 12.5. The highest BCUT2D eigenvalue weighted by Gasteiger charge is 2.26. The number of halogens is 1. The fourth-order valence-electron chi connectivity index (χ4n) is 2.18. The average Bonchev–Trinajstić information content (AvgIpc) is 2.47. The molecule has 0 aliphatic rings. The summed E-state index contributed by atoms with van der Waals surface area (Å²) in [6.45, 7) is 9.86. The lowest BCUT2D eigenvalue weighted by atomic mass is 9.92. The number of amides is 1. The number of nitrogens with zero attached hydrogens (tertiary/aromatic N) is 1. The molecule has 23 heavy (non-hydrogen) atoms. The van der Waals surface area contributed by atoms with Gasteiger partial charge in [-0.25, -0.2) is 0 Å². The number of carbonyl (C=O) groups is 1. The highest BCUT2D eigenvalue weighted by molar-refractivity contribution is 14.0. The highest BCUT2D eigenvalue weighted by Crippen LogP contribution is 2.13. The maximum Gasteiger partial charge on any atom is 0.227 e. The van der Waals surface area contributed by atoms with E-state index in [9.17, 15) is 4.79 Å². The molecule has 0 aromatic heterocycles. The normalized spacial score (nSPS) is 11.9. The van der Waals surface area contributed by atoms with Gasteiger partial charge >= 0.3 is 0 Å². The Bertz CT molecular complexity index is 343. The number of hydrogen-bond donors (Lipinski definition) is 3. The molecule has 0 heterocycles. The van der Waals surface area contributed by atoms with Crippen molar-refractivity contribution in [2.24, 2.45) is 16.3 Å². The number of guanidine groups is 1. The maximum atomic E-state index is 11.7. The first kappa shape index (κ1) is 24.7. The minimum atomic E-state index is -0.455. The Hall–Kier alpha value is -0.530. The zero-order valence-electron chi connectivity index (χ0n) is 15.8. The SMILES string of the molecule is CN=C(NCCCCCCC(C)C)NCC(C)(C)C(=O)NC.I. The Labute approximate surface area is 159 Å². The molecule has 0 aromatic rings. The van der Waals surface area contributed by atoms with Crippen molar-refractivity contribution in [2.45, 2.75) is 59.8 Å². The monoisotopic (exact) mass is 440 g/mol. The summed E-state index contributed by atoms with van der Waals surface area (Å²) in [7, 11) is 3.42. The zero-order valence-corrected chi connectivity index (χ0v) is 18.1. The van der Waals surface area contributed by atoms with Gasteiger partial charge in [-0.05, 0) is 26.2 Å². The molecule has 0 fully saturated rings. The second-order valence-electron chi connectivity index (χ2n) is 6.91. The molecule has 0 unspecified atom stereocenters. The lowest BCUT2D eigenvalue weighted by molar-refractivity contribution is -0.128. The number of unbranched alkanes of at least 4 members (excludes halogenated alkanes) is 3. The molecule has 0 saturated carbocycles. The topological polar surface area (TPSA) is 65.5 Å². The van der Waals surface area contributed by atoms with Gasteiger partial charge in [-0.1, -0.05) is 39.5 Å². The highest BCUT2D eigenvalue weighted by atomic mass is 127. The molecule has 5 nitrogen and oxygen atoms in total. The van der Waals surface area contributed by atoms with E-state index in [2.05, 4.69) is 34.8 Å². The van der Waals surface area contributed by atoms with Crippen LogP contribution in [0.15, 0.2) is 4.99 Å². The first-order valence-corrected chi connectivity index (χ1v) is 8.50. The molecule has 1 amide bonds. The van der Waals surface area contributed by atoms with Crippen LogP contribution in [-0.4, -0.2) is 39.1 Å². The van der Waals surface area contributed by atoms with Crippen molar-refractivity contribution in [3.63, 3.8) is 0 Å². The lowest BCUT2D eigenvalue weighted by Gasteiger charge is -2.24. The van der Waals surface area contributed by atoms with Crippen molar-refractivity contribution in [1.82, 2.24) is 16.0 Å². The lowest BCUT2D eigenvalue weighted by Crippen LogP contribution is -2.47. The molecule has 0 aliphatic heterocycles. The molecule has 0 aliphatic carbocycles. The summed E-state index contributed by atoms with van der Waals surface area (Å²) in [5, 5.41) is 9.21. The minimum Gasteiger partial charge on any atom is -0.359 e. The van der Waals surface area contributed by atoms with Gasteiger partial charge in [-0.3, -0.25) is 9.79 Å². The number of rotatable bonds is 10. The summed E-state index contributed by atoms with van der Waals surface area (Å²) in [6.07, 6.45) is 6.35. The Balaban J connectivity index is 0. The maximum absolute atomic E-state index is 11.7. The van der Waals surface area contributed by atoms with Crippen LogP contribution in [0.5, 0.6) is 0 Å². The van der Waals surface area contributed by atoms with E-state index in [-0.39, 0.29) is 29.9 Å². The van der Waals surface area contributed by atoms with Crippen molar-refractivity contribution in [3.05, 3.63) is 0 Å². The Morgan fingerprint density at radius 3 is 2.22 bits per heavy atom. The molecule has 0 spiro atoms. The van der Waals surface area contributed by atoms with E-state index in [0.29, 0.717) is 6.54 Å². The van der Waals surface area contributed by atoms with Crippen LogP contribution in [-0.2, 0) is 4.79 Å². The van der Waals surface area contributed by atoms with Gasteiger partial charge in [0, 0.05) is 27.2 Å². The van der Waals surface area contributed by atoms with Crippen LogP contribution in [0.1, 0.15) is 59.8 Å². The summed E-state index contributed by atoms with van der Waals surface area (Å²) in [5.74, 6) is 1.60. The molecular weight excluding hydrogens is 403 g/mol. The summed E-state index contributed by atoms with van der Waals surface area (Å²) in [6, 6.07) is 0. The van der Waals surface area contributed by atoms with Crippen molar-refractivity contribution in [1.29, 1.82) is 0 Å². The van der Waals surface area contributed by atoms with Gasteiger partial charge in [0.1, 0.15) is 0 Å². The molecule has 0 bridgehead atoms. The van der Waals surface area contributed by atoms with Gasteiger partial charge in [0.05, 0.1) is 5.41 Å². The summed E-state index contributed by atoms with van der Waals surface area (Å²) in [4.78, 5) is 15.9. The van der Waals surface area contributed by atoms with Gasteiger partial charge < -0.3 is 16.0 Å². The van der Waals surface area contributed by atoms with Gasteiger partial charge in [-0.2, -0.15) is 0 Å². The molecule has 138 valence electrons. The molecule has 0 atom stereocenters. The predicted molar refractivity (Wildman–Crippen MR) is 111 cm³/mol. The number of hydrogen-bond acceptors (Lipinski definition) is 2. The Morgan fingerprint density at radius 1 is 1.09 bits per heavy atom. The first-order valence-electron chi connectivity index (χ1n) is 8.50. The van der Waals surface area contributed by atoms with Crippen molar-refractivity contribution >= 4 is 35.8 Å². The van der Waals surface area contributed by atoms with Gasteiger partial charge in [0.25, 0.3) is 0 Å². The van der Waals surface area contributed by atoms with E-state index in [1.54, 1.807) is 14.1 Å². The second-order valence-corrected chi connectivity index (χ2v) is 6.91.